The van der Waals surface area contributed by atoms with Gasteiger partial charge in [0.1, 0.15) is 12.4 Å². The molecule has 1 heterocycles. The Morgan fingerprint density at radius 3 is 2.60 bits per heavy atom. The second kappa shape index (κ2) is 6.19. The zero-order valence-electron chi connectivity index (χ0n) is 10.4. The molecular formula is C12H12F3N3OS. The molecule has 20 heavy (non-hydrogen) atoms. The highest BCUT2D eigenvalue weighted by Crippen LogP contribution is 2.15. The molecule has 0 radical (unpaired) electrons. The maximum absolute atomic E-state index is 12.0. The Morgan fingerprint density at radius 2 is 1.95 bits per heavy atom. The number of alkyl halides is 3. The average Bonchev–Trinajstić information content (AvgIpc) is 2.76. The molecule has 0 saturated carbocycles. The first kappa shape index (κ1) is 14.7. The number of rotatable bonds is 5. The molecule has 1 aromatic heterocycles. The van der Waals surface area contributed by atoms with Crippen LogP contribution in [0.25, 0.3) is 5.69 Å². The second-order valence-electron chi connectivity index (χ2n) is 4.03. The third kappa shape index (κ3) is 3.91. The molecule has 2 aromatic rings. The molecule has 2 rings (SSSR count). The summed E-state index contributed by atoms with van der Waals surface area (Å²) in [5.41, 5.74) is 0.803. The first-order valence-corrected chi connectivity index (χ1v) is 6.24. The Bertz CT molecular complexity index is 606. The van der Waals surface area contributed by atoms with E-state index in [4.69, 9.17) is 12.2 Å². The monoisotopic (exact) mass is 303 g/mol. The Balaban J connectivity index is 2.05. The molecule has 4 nitrogen and oxygen atoms in total. The Labute approximate surface area is 118 Å². The SMILES string of the molecule is FC(F)(F)COCCc1n[nH]c(=S)n1-c1ccccc1. The zero-order valence-corrected chi connectivity index (χ0v) is 11.2. The number of para-hydroxylation sites is 1. The van der Waals surface area contributed by atoms with Crippen LogP contribution in [0.2, 0.25) is 0 Å². The van der Waals surface area contributed by atoms with Gasteiger partial charge in [-0.3, -0.25) is 9.67 Å². The minimum Gasteiger partial charge on any atom is -0.372 e. The van der Waals surface area contributed by atoms with Crippen molar-refractivity contribution in [3.8, 4) is 5.69 Å². The van der Waals surface area contributed by atoms with Gasteiger partial charge in [-0.2, -0.15) is 18.3 Å². The third-order valence-electron chi connectivity index (χ3n) is 2.49. The van der Waals surface area contributed by atoms with Crippen LogP contribution in [0, 0.1) is 4.77 Å². The van der Waals surface area contributed by atoms with Crippen LogP contribution in [0.5, 0.6) is 0 Å². The number of halogens is 3. The minimum absolute atomic E-state index is 0.0774. The van der Waals surface area contributed by atoms with Crippen molar-refractivity contribution >= 4 is 12.2 Å². The van der Waals surface area contributed by atoms with Crippen LogP contribution in [0.1, 0.15) is 5.82 Å². The Kier molecular flexibility index (Phi) is 4.56. The first-order chi connectivity index (χ1) is 9.47. The standard InChI is InChI=1S/C12H12F3N3OS/c13-12(14,15)8-19-7-6-10-16-17-11(20)18(10)9-4-2-1-3-5-9/h1-5H,6-8H2,(H,17,20). The lowest BCUT2D eigenvalue weighted by atomic mass is 10.3. The molecule has 108 valence electrons. The second-order valence-corrected chi connectivity index (χ2v) is 4.42. The maximum Gasteiger partial charge on any atom is 0.411 e. The summed E-state index contributed by atoms with van der Waals surface area (Å²) in [7, 11) is 0. The fraction of sp³-hybridized carbons (Fsp3) is 0.333. The highest BCUT2D eigenvalue weighted by molar-refractivity contribution is 7.71. The number of nitrogens with one attached hydrogen (secondary N) is 1. The van der Waals surface area contributed by atoms with Crippen molar-refractivity contribution in [2.75, 3.05) is 13.2 Å². The molecule has 0 amide bonds. The average molecular weight is 303 g/mol. The fourth-order valence-electron chi connectivity index (χ4n) is 1.69. The van der Waals surface area contributed by atoms with Crippen LogP contribution in [0.3, 0.4) is 0 Å². The van der Waals surface area contributed by atoms with E-state index in [1.54, 1.807) is 4.57 Å². The number of aromatic nitrogens is 3. The lowest BCUT2D eigenvalue weighted by Gasteiger charge is -2.08. The van der Waals surface area contributed by atoms with Crippen molar-refractivity contribution in [1.29, 1.82) is 0 Å². The van der Waals surface area contributed by atoms with Crippen LogP contribution in [0.15, 0.2) is 30.3 Å². The summed E-state index contributed by atoms with van der Waals surface area (Å²) < 4.78 is 42.5. The van der Waals surface area contributed by atoms with E-state index in [2.05, 4.69) is 14.9 Å². The van der Waals surface area contributed by atoms with E-state index in [0.717, 1.165) is 5.69 Å². The summed E-state index contributed by atoms with van der Waals surface area (Å²) in [6, 6.07) is 9.22. The van der Waals surface area contributed by atoms with E-state index in [-0.39, 0.29) is 13.0 Å². The van der Waals surface area contributed by atoms with Gasteiger partial charge in [-0.1, -0.05) is 18.2 Å². The lowest BCUT2D eigenvalue weighted by Crippen LogP contribution is -2.18. The lowest BCUT2D eigenvalue weighted by molar-refractivity contribution is -0.173. The number of nitrogens with zero attached hydrogens (tertiary/aromatic N) is 2. The molecule has 8 heteroatoms. The summed E-state index contributed by atoms with van der Waals surface area (Å²) in [4.78, 5) is 0. The molecule has 1 N–H and O–H groups in total. The van der Waals surface area contributed by atoms with Gasteiger partial charge in [-0.05, 0) is 24.4 Å². The number of H-pyrrole nitrogens is 1. The number of benzene rings is 1. The van der Waals surface area contributed by atoms with E-state index in [9.17, 15) is 13.2 Å². The largest absolute Gasteiger partial charge is 0.411 e. The molecule has 0 unspecified atom stereocenters. The zero-order chi connectivity index (χ0) is 14.6. The summed E-state index contributed by atoms with van der Waals surface area (Å²) >= 11 is 5.12. The minimum atomic E-state index is -4.32. The predicted molar refractivity (Wildman–Crippen MR) is 69.3 cm³/mol. The number of hydrogen-bond donors (Lipinski definition) is 1. The quantitative estimate of drug-likeness (QED) is 0.682. The van der Waals surface area contributed by atoms with Gasteiger partial charge >= 0.3 is 6.18 Å². The van der Waals surface area contributed by atoms with Crippen LogP contribution in [-0.4, -0.2) is 34.2 Å². The first-order valence-electron chi connectivity index (χ1n) is 5.83. The van der Waals surface area contributed by atoms with E-state index >= 15 is 0 Å². The highest BCUT2D eigenvalue weighted by Gasteiger charge is 2.27. The summed E-state index contributed by atoms with van der Waals surface area (Å²) in [5, 5.41) is 6.64. The van der Waals surface area contributed by atoms with Gasteiger partial charge in [-0.15, -0.1) is 0 Å². The number of aromatic amines is 1. The van der Waals surface area contributed by atoms with Gasteiger partial charge < -0.3 is 4.74 Å². The van der Waals surface area contributed by atoms with Gasteiger partial charge in [0.25, 0.3) is 0 Å². The normalized spacial score (nSPS) is 11.8. The van der Waals surface area contributed by atoms with E-state index in [0.29, 0.717) is 10.6 Å². The molecule has 0 atom stereocenters. The topological polar surface area (TPSA) is 42.8 Å². The van der Waals surface area contributed by atoms with E-state index < -0.39 is 12.8 Å². The Hall–Kier alpha value is -1.67. The van der Waals surface area contributed by atoms with Crippen molar-refractivity contribution in [2.45, 2.75) is 12.6 Å². The van der Waals surface area contributed by atoms with Gasteiger partial charge in [0.2, 0.25) is 0 Å². The van der Waals surface area contributed by atoms with Crippen molar-refractivity contribution < 1.29 is 17.9 Å². The summed E-state index contributed by atoms with van der Waals surface area (Å²) in [5.74, 6) is 0.531. The van der Waals surface area contributed by atoms with Crippen LogP contribution >= 0.6 is 12.2 Å². The molecule has 0 bridgehead atoms. The van der Waals surface area contributed by atoms with Crippen LogP contribution < -0.4 is 0 Å². The molecule has 0 aliphatic carbocycles. The Morgan fingerprint density at radius 1 is 1.25 bits per heavy atom. The molecule has 0 fully saturated rings. The van der Waals surface area contributed by atoms with Gasteiger partial charge in [0, 0.05) is 12.1 Å². The van der Waals surface area contributed by atoms with Crippen LogP contribution in [0.4, 0.5) is 13.2 Å². The molecule has 0 saturated heterocycles. The molecule has 1 aromatic carbocycles. The predicted octanol–water partition coefficient (Wildman–Crippen LogP) is 3.05. The summed E-state index contributed by atoms with van der Waals surface area (Å²) in [6.07, 6.45) is -4.08. The molecule has 0 aliphatic heterocycles. The maximum atomic E-state index is 12.0. The summed E-state index contributed by atoms with van der Waals surface area (Å²) in [6.45, 7) is -1.34. The number of hydrogen-bond acceptors (Lipinski definition) is 3. The van der Waals surface area contributed by atoms with Crippen molar-refractivity contribution in [3.63, 3.8) is 0 Å². The van der Waals surface area contributed by atoms with E-state index in [1.165, 1.54) is 0 Å². The molecule has 0 aliphatic rings. The van der Waals surface area contributed by atoms with Gasteiger partial charge in [-0.25, -0.2) is 0 Å². The fourth-order valence-corrected chi connectivity index (χ4v) is 1.95. The highest BCUT2D eigenvalue weighted by atomic mass is 32.1. The van der Waals surface area contributed by atoms with Crippen molar-refractivity contribution in [3.05, 3.63) is 40.9 Å². The molecule has 0 spiro atoms. The van der Waals surface area contributed by atoms with Crippen LogP contribution in [-0.2, 0) is 11.2 Å². The van der Waals surface area contributed by atoms with Crippen molar-refractivity contribution in [1.82, 2.24) is 14.8 Å². The smallest absolute Gasteiger partial charge is 0.372 e. The number of ether oxygens (including phenoxy) is 1. The van der Waals surface area contributed by atoms with Gasteiger partial charge in [0.05, 0.1) is 6.61 Å². The molecular weight excluding hydrogens is 291 g/mol. The van der Waals surface area contributed by atoms with Gasteiger partial charge in [0.15, 0.2) is 4.77 Å². The van der Waals surface area contributed by atoms with E-state index in [1.807, 2.05) is 30.3 Å². The third-order valence-corrected chi connectivity index (χ3v) is 2.77. The van der Waals surface area contributed by atoms with Crippen molar-refractivity contribution in [2.24, 2.45) is 0 Å².